The Morgan fingerprint density at radius 2 is 2.09 bits per heavy atom. The van der Waals surface area contributed by atoms with Crippen LogP contribution in [0.4, 0.5) is 11.8 Å². The monoisotopic (exact) mass is 311 g/mol. The van der Waals surface area contributed by atoms with E-state index in [2.05, 4.69) is 50.5 Å². The molecule has 23 heavy (non-hydrogen) atoms. The summed E-state index contributed by atoms with van der Waals surface area (Å²) in [4.78, 5) is 10.9. The molecule has 0 aliphatic carbocycles. The standard InChI is InChI=1S/C18H25N5/c1-14-10-17(22-18(19)21-14)20-11-16-8-5-9-23(13-16)12-15-6-3-2-4-7-15/h2-4,6-7,10,16H,5,8-9,11-13H2,1H3,(H3,19,20,21,22)/t16-/m0/s1. The van der Waals surface area contributed by atoms with Crippen molar-refractivity contribution in [3.63, 3.8) is 0 Å². The molecule has 0 amide bonds. The SMILES string of the molecule is Cc1cc(NC[C@@H]2CCCN(Cc3ccccc3)C2)nc(N)n1. The molecular weight excluding hydrogens is 286 g/mol. The van der Waals surface area contributed by atoms with Crippen LogP contribution in [-0.4, -0.2) is 34.5 Å². The van der Waals surface area contributed by atoms with Gasteiger partial charge in [-0.05, 0) is 37.8 Å². The molecule has 0 bridgehead atoms. The number of benzene rings is 1. The highest BCUT2D eigenvalue weighted by atomic mass is 15.1. The Bertz CT molecular complexity index is 608. The molecule has 0 radical (unpaired) electrons. The van der Waals surface area contributed by atoms with Gasteiger partial charge in [0.2, 0.25) is 5.95 Å². The van der Waals surface area contributed by atoms with Crippen molar-refractivity contribution in [1.82, 2.24) is 14.9 Å². The smallest absolute Gasteiger partial charge is 0.222 e. The molecule has 0 saturated carbocycles. The minimum Gasteiger partial charge on any atom is -0.370 e. The van der Waals surface area contributed by atoms with Gasteiger partial charge in [-0.15, -0.1) is 0 Å². The summed E-state index contributed by atoms with van der Waals surface area (Å²) in [6, 6.07) is 12.6. The minimum absolute atomic E-state index is 0.335. The summed E-state index contributed by atoms with van der Waals surface area (Å²) in [6.45, 7) is 6.22. The maximum atomic E-state index is 5.71. The molecule has 1 aromatic heterocycles. The van der Waals surface area contributed by atoms with Gasteiger partial charge in [0.1, 0.15) is 5.82 Å². The van der Waals surface area contributed by atoms with E-state index >= 15 is 0 Å². The second kappa shape index (κ2) is 7.42. The quantitative estimate of drug-likeness (QED) is 0.888. The van der Waals surface area contributed by atoms with Gasteiger partial charge in [-0.25, -0.2) is 4.98 Å². The van der Waals surface area contributed by atoms with Crippen LogP contribution < -0.4 is 11.1 Å². The summed E-state index contributed by atoms with van der Waals surface area (Å²) in [5.74, 6) is 1.81. The highest BCUT2D eigenvalue weighted by molar-refractivity contribution is 5.40. The lowest BCUT2D eigenvalue weighted by atomic mass is 9.97. The zero-order valence-corrected chi connectivity index (χ0v) is 13.7. The fourth-order valence-electron chi connectivity index (χ4n) is 3.23. The first-order valence-electron chi connectivity index (χ1n) is 8.30. The first-order chi connectivity index (χ1) is 11.2. The van der Waals surface area contributed by atoms with Crippen molar-refractivity contribution in [1.29, 1.82) is 0 Å². The van der Waals surface area contributed by atoms with Gasteiger partial charge in [0, 0.05) is 31.4 Å². The van der Waals surface area contributed by atoms with E-state index in [0.717, 1.165) is 31.1 Å². The molecule has 2 aromatic rings. The third-order valence-corrected chi connectivity index (χ3v) is 4.30. The van der Waals surface area contributed by atoms with E-state index in [1.165, 1.54) is 24.9 Å². The molecule has 1 aliphatic rings. The van der Waals surface area contributed by atoms with Crippen molar-refractivity contribution in [3.05, 3.63) is 47.7 Å². The van der Waals surface area contributed by atoms with Crippen molar-refractivity contribution < 1.29 is 0 Å². The lowest BCUT2D eigenvalue weighted by molar-refractivity contribution is 0.173. The topological polar surface area (TPSA) is 67.1 Å². The second-order valence-electron chi connectivity index (χ2n) is 6.36. The molecule has 1 aromatic carbocycles. The Morgan fingerprint density at radius 3 is 2.87 bits per heavy atom. The summed E-state index contributed by atoms with van der Waals surface area (Å²) in [5, 5.41) is 3.42. The Kier molecular flexibility index (Phi) is 5.08. The number of aryl methyl sites for hydroxylation is 1. The molecule has 1 atom stereocenters. The van der Waals surface area contributed by atoms with Gasteiger partial charge >= 0.3 is 0 Å². The minimum atomic E-state index is 0.335. The van der Waals surface area contributed by atoms with Crippen LogP contribution in [0.1, 0.15) is 24.1 Å². The summed E-state index contributed by atoms with van der Waals surface area (Å²) < 4.78 is 0. The summed E-state index contributed by atoms with van der Waals surface area (Å²) in [5.41, 5.74) is 7.99. The summed E-state index contributed by atoms with van der Waals surface area (Å²) in [7, 11) is 0. The molecule has 3 rings (SSSR count). The summed E-state index contributed by atoms with van der Waals surface area (Å²) in [6.07, 6.45) is 2.52. The van der Waals surface area contributed by atoms with Crippen LogP contribution in [0.15, 0.2) is 36.4 Å². The number of nitrogen functional groups attached to an aromatic ring is 1. The number of nitrogens with two attached hydrogens (primary N) is 1. The molecule has 1 saturated heterocycles. The first-order valence-corrected chi connectivity index (χ1v) is 8.30. The number of nitrogens with zero attached hydrogens (tertiary/aromatic N) is 3. The van der Waals surface area contributed by atoms with Gasteiger partial charge < -0.3 is 11.1 Å². The largest absolute Gasteiger partial charge is 0.370 e. The molecule has 1 aliphatic heterocycles. The predicted octanol–water partition coefficient (Wildman–Crippen LogP) is 2.69. The van der Waals surface area contributed by atoms with Gasteiger partial charge in [0.25, 0.3) is 0 Å². The fraction of sp³-hybridized carbons (Fsp3) is 0.444. The van der Waals surface area contributed by atoms with E-state index in [1.54, 1.807) is 0 Å². The van der Waals surface area contributed by atoms with Crippen molar-refractivity contribution in [2.45, 2.75) is 26.3 Å². The first kappa shape index (κ1) is 15.7. The number of rotatable bonds is 5. The Morgan fingerprint density at radius 1 is 1.26 bits per heavy atom. The molecule has 1 fully saturated rings. The van der Waals surface area contributed by atoms with Crippen molar-refractivity contribution in [2.75, 3.05) is 30.7 Å². The molecule has 122 valence electrons. The number of aromatic nitrogens is 2. The Labute approximate surface area is 137 Å². The average molecular weight is 311 g/mol. The van der Waals surface area contributed by atoms with E-state index in [9.17, 15) is 0 Å². The van der Waals surface area contributed by atoms with E-state index in [1.807, 2.05) is 13.0 Å². The fourth-order valence-corrected chi connectivity index (χ4v) is 3.23. The van der Waals surface area contributed by atoms with Gasteiger partial charge in [0.05, 0.1) is 0 Å². The van der Waals surface area contributed by atoms with Crippen LogP contribution in [0.2, 0.25) is 0 Å². The lowest BCUT2D eigenvalue weighted by Crippen LogP contribution is -2.37. The zero-order chi connectivity index (χ0) is 16.1. The van der Waals surface area contributed by atoms with Crippen LogP contribution in [0.3, 0.4) is 0 Å². The van der Waals surface area contributed by atoms with Crippen molar-refractivity contribution >= 4 is 11.8 Å². The van der Waals surface area contributed by atoms with E-state index in [0.29, 0.717) is 11.9 Å². The number of anilines is 2. The molecule has 2 heterocycles. The average Bonchev–Trinajstić information content (AvgIpc) is 2.53. The number of likely N-dealkylation sites (tertiary alicyclic amines) is 1. The van der Waals surface area contributed by atoms with Gasteiger partial charge in [0.15, 0.2) is 0 Å². The summed E-state index contributed by atoms with van der Waals surface area (Å²) >= 11 is 0. The van der Waals surface area contributed by atoms with Crippen LogP contribution in [-0.2, 0) is 6.54 Å². The molecule has 5 nitrogen and oxygen atoms in total. The van der Waals surface area contributed by atoms with Gasteiger partial charge in [-0.1, -0.05) is 30.3 Å². The van der Waals surface area contributed by atoms with E-state index in [4.69, 9.17) is 5.73 Å². The maximum Gasteiger partial charge on any atom is 0.222 e. The lowest BCUT2D eigenvalue weighted by Gasteiger charge is -2.33. The molecule has 3 N–H and O–H groups in total. The van der Waals surface area contributed by atoms with E-state index < -0.39 is 0 Å². The van der Waals surface area contributed by atoms with Crippen molar-refractivity contribution in [2.24, 2.45) is 5.92 Å². The normalized spacial score (nSPS) is 18.7. The number of nitrogens with one attached hydrogen (secondary N) is 1. The van der Waals surface area contributed by atoms with Crippen LogP contribution in [0, 0.1) is 12.8 Å². The molecule has 0 spiro atoms. The Hall–Kier alpha value is -2.14. The number of hydrogen-bond donors (Lipinski definition) is 2. The maximum absolute atomic E-state index is 5.71. The van der Waals surface area contributed by atoms with Crippen LogP contribution >= 0.6 is 0 Å². The van der Waals surface area contributed by atoms with Crippen molar-refractivity contribution in [3.8, 4) is 0 Å². The number of hydrogen-bond acceptors (Lipinski definition) is 5. The van der Waals surface area contributed by atoms with Gasteiger partial charge in [-0.3, -0.25) is 4.90 Å². The van der Waals surface area contributed by atoms with Crippen LogP contribution in [0.5, 0.6) is 0 Å². The third-order valence-electron chi connectivity index (χ3n) is 4.30. The zero-order valence-electron chi connectivity index (χ0n) is 13.7. The van der Waals surface area contributed by atoms with Crippen LogP contribution in [0.25, 0.3) is 0 Å². The van der Waals surface area contributed by atoms with Gasteiger partial charge in [-0.2, -0.15) is 4.98 Å². The Balaban J connectivity index is 1.52. The number of piperidine rings is 1. The third kappa shape index (κ3) is 4.66. The molecule has 5 heteroatoms. The predicted molar refractivity (Wildman–Crippen MR) is 94.1 cm³/mol. The molecule has 0 unspecified atom stereocenters. The second-order valence-corrected chi connectivity index (χ2v) is 6.36. The van der Waals surface area contributed by atoms with E-state index in [-0.39, 0.29) is 0 Å². The highest BCUT2D eigenvalue weighted by Crippen LogP contribution is 2.19. The molecular formula is C18H25N5. The highest BCUT2D eigenvalue weighted by Gasteiger charge is 2.20.